The first-order valence-electron chi connectivity index (χ1n) is 6.21. The van der Waals surface area contributed by atoms with Crippen LogP contribution in [0.2, 0.25) is 0 Å². The number of rotatable bonds is 5. The summed E-state index contributed by atoms with van der Waals surface area (Å²) >= 11 is 0. The number of nitrogens with zero attached hydrogens (tertiary/aromatic N) is 1. The average Bonchev–Trinajstić information content (AvgIpc) is 3.04. The van der Waals surface area contributed by atoms with E-state index in [4.69, 9.17) is 10.2 Å². The first-order chi connectivity index (χ1) is 8.31. The van der Waals surface area contributed by atoms with Crippen LogP contribution >= 0.6 is 0 Å². The van der Waals surface area contributed by atoms with Crippen molar-refractivity contribution in [1.82, 2.24) is 4.98 Å². The van der Waals surface area contributed by atoms with Gasteiger partial charge in [-0.3, -0.25) is 0 Å². The molecule has 0 radical (unpaired) electrons. The topological polar surface area (TPSA) is 64.1 Å². The highest BCUT2D eigenvalue weighted by molar-refractivity contribution is 5.78. The third-order valence-electron chi connectivity index (χ3n) is 3.17. The van der Waals surface area contributed by atoms with Crippen molar-refractivity contribution in [3.8, 4) is 0 Å². The van der Waals surface area contributed by atoms with Crippen LogP contribution in [-0.2, 0) is 0 Å². The highest BCUT2D eigenvalue weighted by atomic mass is 16.4. The Kier molecular flexibility index (Phi) is 2.63. The second-order valence-electron chi connectivity index (χ2n) is 4.76. The maximum Gasteiger partial charge on any atom is 0.295 e. The second kappa shape index (κ2) is 4.28. The molecule has 1 saturated carbocycles. The molecule has 0 unspecified atom stereocenters. The quantitative estimate of drug-likeness (QED) is 0.613. The molecular weight excluding hydrogens is 214 g/mol. The third-order valence-corrected chi connectivity index (χ3v) is 3.17. The van der Waals surface area contributed by atoms with E-state index < -0.39 is 0 Å². The van der Waals surface area contributed by atoms with E-state index in [-0.39, 0.29) is 0 Å². The van der Waals surface area contributed by atoms with Crippen LogP contribution in [0.25, 0.3) is 11.1 Å². The van der Waals surface area contributed by atoms with Gasteiger partial charge < -0.3 is 15.5 Å². The molecule has 0 spiro atoms. The van der Waals surface area contributed by atoms with Gasteiger partial charge in [0.05, 0.1) is 0 Å². The standard InChI is InChI=1S/C13H17N3O/c14-10-5-6-12-11(8-10)16-13(17-12)15-7-1-2-9-3-4-9/h5-6,8-9H,1-4,7,14H2,(H,15,16). The molecule has 90 valence electrons. The molecule has 1 aromatic carbocycles. The molecule has 0 atom stereocenters. The van der Waals surface area contributed by atoms with E-state index >= 15 is 0 Å². The zero-order chi connectivity index (χ0) is 11.7. The van der Waals surface area contributed by atoms with Crippen LogP contribution in [0.5, 0.6) is 0 Å². The normalized spacial score (nSPS) is 15.3. The lowest BCUT2D eigenvalue weighted by molar-refractivity contribution is 0.605. The van der Waals surface area contributed by atoms with Crippen molar-refractivity contribution in [3.05, 3.63) is 18.2 Å². The maximum absolute atomic E-state index is 5.69. The Morgan fingerprint density at radius 2 is 2.29 bits per heavy atom. The molecule has 2 aromatic rings. The van der Waals surface area contributed by atoms with Gasteiger partial charge in [0.1, 0.15) is 5.52 Å². The van der Waals surface area contributed by atoms with E-state index in [0.29, 0.717) is 11.7 Å². The summed E-state index contributed by atoms with van der Waals surface area (Å²) in [5.74, 6) is 0.986. The van der Waals surface area contributed by atoms with Crippen LogP contribution in [0.4, 0.5) is 11.7 Å². The number of anilines is 2. The SMILES string of the molecule is Nc1ccc2oc(NCCCC3CC3)nc2c1. The zero-order valence-electron chi connectivity index (χ0n) is 9.78. The fourth-order valence-corrected chi connectivity index (χ4v) is 2.01. The van der Waals surface area contributed by atoms with Gasteiger partial charge in [-0.2, -0.15) is 4.98 Å². The van der Waals surface area contributed by atoms with Crippen molar-refractivity contribution >= 4 is 22.8 Å². The molecule has 0 saturated heterocycles. The van der Waals surface area contributed by atoms with Crippen LogP contribution in [0.3, 0.4) is 0 Å². The molecule has 0 bridgehead atoms. The molecule has 1 heterocycles. The lowest BCUT2D eigenvalue weighted by Gasteiger charge is -1.99. The number of hydrogen-bond donors (Lipinski definition) is 2. The number of benzene rings is 1. The largest absolute Gasteiger partial charge is 0.424 e. The summed E-state index contributed by atoms with van der Waals surface area (Å²) in [6, 6.07) is 6.10. The minimum absolute atomic E-state index is 0.599. The Labute approximate surface area is 100 Å². The lowest BCUT2D eigenvalue weighted by atomic mass is 10.2. The number of aromatic nitrogens is 1. The summed E-state index contributed by atoms with van der Waals surface area (Å²) in [7, 11) is 0. The van der Waals surface area contributed by atoms with Crippen LogP contribution in [-0.4, -0.2) is 11.5 Å². The number of oxazole rings is 1. The smallest absolute Gasteiger partial charge is 0.295 e. The molecule has 1 aromatic heterocycles. The van der Waals surface area contributed by atoms with Crippen molar-refractivity contribution in [2.45, 2.75) is 25.7 Å². The maximum atomic E-state index is 5.69. The van der Waals surface area contributed by atoms with Crippen LogP contribution in [0.15, 0.2) is 22.6 Å². The molecule has 1 aliphatic carbocycles. The second-order valence-corrected chi connectivity index (χ2v) is 4.76. The van der Waals surface area contributed by atoms with E-state index in [1.807, 2.05) is 18.2 Å². The van der Waals surface area contributed by atoms with E-state index in [0.717, 1.165) is 23.6 Å². The molecule has 3 N–H and O–H groups in total. The van der Waals surface area contributed by atoms with Gasteiger partial charge in [0.15, 0.2) is 5.58 Å². The Bertz CT molecular complexity index is 516. The van der Waals surface area contributed by atoms with Gasteiger partial charge in [-0.1, -0.05) is 12.8 Å². The fraction of sp³-hybridized carbons (Fsp3) is 0.462. The van der Waals surface area contributed by atoms with Crippen LogP contribution < -0.4 is 11.1 Å². The predicted molar refractivity (Wildman–Crippen MR) is 68.9 cm³/mol. The van der Waals surface area contributed by atoms with Crippen molar-refractivity contribution in [2.75, 3.05) is 17.6 Å². The van der Waals surface area contributed by atoms with Gasteiger partial charge >= 0.3 is 0 Å². The first kappa shape index (κ1) is 10.4. The van der Waals surface area contributed by atoms with Crippen molar-refractivity contribution in [1.29, 1.82) is 0 Å². The highest BCUT2D eigenvalue weighted by Crippen LogP contribution is 2.33. The molecule has 1 fully saturated rings. The molecule has 0 aliphatic heterocycles. The number of nitrogens with one attached hydrogen (secondary N) is 1. The summed E-state index contributed by atoms with van der Waals surface area (Å²) in [4.78, 5) is 4.35. The minimum atomic E-state index is 0.599. The van der Waals surface area contributed by atoms with Gasteiger partial charge in [-0.25, -0.2) is 0 Å². The lowest BCUT2D eigenvalue weighted by Crippen LogP contribution is -2.01. The van der Waals surface area contributed by atoms with Crippen molar-refractivity contribution in [3.63, 3.8) is 0 Å². The van der Waals surface area contributed by atoms with E-state index in [9.17, 15) is 0 Å². The monoisotopic (exact) mass is 231 g/mol. The van der Waals surface area contributed by atoms with Crippen molar-refractivity contribution < 1.29 is 4.42 Å². The summed E-state index contributed by atoms with van der Waals surface area (Å²) < 4.78 is 5.57. The number of nitrogens with two attached hydrogens (primary N) is 1. The Hall–Kier alpha value is -1.71. The zero-order valence-corrected chi connectivity index (χ0v) is 9.78. The summed E-state index contributed by atoms with van der Waals surface area (Å²) in [5.41, 5.74) is 8.00. The van der Waals surface area contributed by atoms with E-state index in [1.165, 1.54) is 25.7 Å². The average molecular weight is 231 g/mol. The third kappa shape index (κ3) is 2.52. The van der Waals surface area contributed by atoms with Gasteiger partial charge in [-0.15, -0.1) is 0 Å². The Morgan fingerprint density at radius 1 is 1.41 bits per heavy atom. The summed E-state index contributed by atoms with van der Waals surface area (Å²) in [6.45, 7) is 0.929. The predicted octanol–water partition coefficient (Wildman–Crippen LogP) is 3.01. The fourth-order valence-electron chi connectivity index (χ4n) is 2.01. The Morgan fingerprint density at radius 3 is 3.12 bits per heavy atom. The number of fused-ring (bicyclic) bond motifs is 1. The van der Waals surface area contributed by atoms with Crippen LogP contribution in [0, 0.1) is 5.92 Å². The molecule has 1 aliphatic rings. The van der Waals surface area contributed by atoms with E-state index in [1.54, 1.807) is 0 Å². The van der Waals surface area contributed by atoms with Crippen LogP contribution in [0.1, 0.15) is 25.7 Å². The molecular formula is C13H17N3O. The van der Waals surface area contributed by atoms with Crippen molar-refractivity contribution in [2.24, 2.45) is 5.92 Å². The van der Waals surface area contributed by atoms with Gasteiger partial charge in [0.25, 0.3) is 6.01 Å². The Balaban J connectivity index is 1.60. The molecule has 4 nitrogen and oxygen atoms in total. The minimum Gasteiger partial charge on any atom is -0.424 e. The molecule has 3 rings (SSSR count). The summed E-state index contributed by atoms with van der Waals surface area (Å²) in [5, 5.41) is 3.22. The number of hydrogen-bond acceptors (Lipinski definition) is 4. The molecule has 0 amide bonds. The molecule has 17 heavy (non-hydrogen) atoms. The first-order valence-corrected chi connectivity index (χ1v) is 6.21. The molecule has 4 heteroatoms. The van der Waals surface area contributed by atoms with Gasteiger partial charge in [0, 0.05) is 12.2 Å². The summed E-state index contributed by atoms with van der Waals surface area (Å²) in [6.07, 6.45) is 5.34. The van der Waals surface area contributed by atoms with Gasteiger partial charge in [-0.05, 0) is 37.0 Å². The number of nitrogen functional groups attached to an aromatic ring is 1. The highest BCUT2D eigenvalue weighted by Gasteiger charge is 2.20. The van der Waals surface area contributed by atoms with Gasteiger partial charge in [0.2, 0.25) is 0 Å². The van der Waals surface area contributed by atoms with E-state index in [2.05, 4.69) is 10.3 Å².